The zero-order valence-electron chi connectivity index (χ0n) is 17.1. The maximum Gasteiger partial charge on any atom is 0.262 e. The van der Waals surface area contributed by atoms with Crippen molar-refractivity contribution in [3.05, 3.63) is 36.7 Å². The van der Waals surface area contributed by atoms with Gasteiger partial charge in [-0.25, -0.2) is 9.97 Å². The first-order valence-electron chi connectivity index (χ1n) is 9.69. The Bertz CT molecular complexity index is 1690. The molecule has 6 rings (SSSR count). The first kappa shape index (κ1) is 22.5. The van der Waals surface area contributed by atoms with E-state index >= 15 is 0 Å². The van der Waals surface area contributed by atoms with Gasteiger partial charge in [-0.15, -0.1) is 23.2 Å². The number of nitrogens with one attached hydrogen (secondary N) is 2. The van der Waals surface area contributed by atoms with Crippen LogP contribution in [-0.2, 0) is 4.79 Å². The molecule has 4 heterocycles. The quantitative estimate of drug-likeness (QED) is 0.285. The number of carbonyl (C=O) groups excluding carboxylic acids is 2. The van der Waals surface area contributed by atoms with Gasteiger partial charge in [0.05, 0.1) is 43.9 Å². The Hall–Kier alpha value is -3.32. The number of alkyl halides is 2. The maximum absolute atomic E-state index is 11.7. The molecule has 0 unspecified atom stereocenters. The summed E-state index contributed by atoms with van der Waals surface area (Å²) < 4.78 is 3.20. The van der Waals surface area contributed by atoms with E-state index in [0.717, 1.165) is 36.7 Å². The van der Waals surface area contributed by atoms with Gasteiger partial charge in [-0.05, 0) is 24.3 Å². The number of aromatic amines is 1. The fraction of sp³-hybridized carbons (Fsp3) is 0.100. The smallest absolute Gasteiger partial charge is 0.262 e. The lowest BCUT2D eigenvalue weighted by Gasteiger charge is -1.98. The van der Waals surface area contributed by atoms with Crippen molar-refractivity contribution in [1.29, 1.82) is 0 Å². The van der Waals surface area contributed by atoms with Crippen molar-refractivity contribution in [2.24, 2.45) is 0 Å². The van der Waals surface area contributed by atoms with Gasteiger partial charge in [-0.2, -0.15) is 14.9 Å². The van der Waals surface area contributed by atoms with Crippen molar-refractivity contribution in [1.82, 2.24) is 29.9 Å². The van der Waals surface area contributed by atoms with Crippen LogP contribution < -0.4 is 11.1 Å². The van der Waals surface area contributed by atoms with E-state index in [2.05, 4.69) is 30.6 Å². The molecule has 6 aromatic rings. The molecule has 0 spiro atoms. The Labute approximate surface area is 208 Å². The molecule has 0 aliphatic carbocycles. The van der Waals surface area contributed by atoms with Gasteiger partial charge in [0.1, 0.15) is 11.8 Å². The van der Waals surface area contributed by atoms with Crippen LogP contribution in [0.1, 0.15) is 4.79 Å². The largest absolute Gasteiger partial charge is 0.375 e. The summed E-state index contributed by atoms with van der Waals surface area (Å²) in [7, 11) is 0. The van der Waals surface area contributed by atoms with E-state index in [1.54, 1.807) is 24.5 Å². The van der Waals surface area contributed by atoms with Crippen LogP contribution in [0.3, 0.4) is 0 Å². The molecule has 2 aromatic carbocycles. The number of hydrogen-bond donors (Lipinski definition) is 3. The van der Waals surface area contributed by atoms with Gasteiger partial charge in [0.25, 0.3) is 5.91 Å². The lowest BCUT2D eigenvalue weighted by Crippen LogP contribution is -2.12. The standard InChI is InChI=1S/C12H8Cl2N4O2S.C8H6N4S/c13-3-9(19)17-12-16-7-1-2-8-6(11(7)21-12)5-15-18(8)10(20)4-14;9-8-11-6-2-1-5-4(3-10-12-5)7(6)13-8/h1-2,5H,3-4H2,(H,16,17,19);1-3H,(H2,9,11)(H,10,12). The molecule has 0 saturated heterocycles. The molecule has 1 amide bonds. The zero-order valence-corrected chi connectivity index (χ0v) is 20.2. The number of H-pyrrole nitrogens is 1. The summed E-state index contributed by atoms with van der Waals surface area (Å²) in [5.41, 5.74) is 8.97. The molecule has 0 saturated carbocycles. The molecule has 14 heteroatoms. The second kappa shape index (κ2) is 9.14. The van der Waals surface area contributed by atoms with E-state index < -0.39 is 0 Å². The Morgan fingerprint density at radius 2 is 1.76 bits per heavy atom. The van der Waals surface area contributed by atoms with E-state index in [1.807, 2.05) is 12.1 Å². The summed E-state index contributed by atoms with van der Waals surface area (Å²) in [5.74, 6) is -0.895. The molecule has 0 aliphatic rings. The van der Waals surface area contributed by atoms with Gasteiger partial charge in [0.15, 0.2) is 10.3 Å². The highest BCUT2D eigenvalue weighted by molar-refractivity contribution is 7.23. The maximum atomic E-state index is 11.7. The van der Waals surface area contributed by atoms with Crippen LogP contribution >= 0.6 is 45.9 Å². The minimum absolute atomic E-state index is 0.131. The van der Waals surface area contributed by atoms with Gasteiger partial charge in [0, 0.05) is 10.8 Å². The monoisotopic (exact) mass is 532 g/mol. The highest BCUT2D eigenvalue weighted by atomic mass is 35.5. The van der Waals surface area contributed by atoms with Crippen LogP contribution in [0.2, 0.25) is 0 Å². The van der Waals surface area contributed by atoms with Gasteiger partial charge in [0.2, 0.25) is 5.91 Å². The third-order valence-electron chi connectivity index (χ3n) is 4.81. The normalized spacial score (nSPS) is 11.2. The van der Waals surface area contributed by atoms with Gasteiger partial charge in [-0.3, -0.25) is 14.7 Å². The van der Waals surface area contributed by atoms with Crippen LogP contribution in [0.25, 0.3) is 42.2 Å². The summed E-state index contributed by atoms with van der Waals surface area (Å²) in [6.45, 7) is 0. The van der Waals surface area contributed by atoms with Crippen molar-refractivity contribution >= 4 is 110 Å². The third kappa shape index (κ3) is 4.05. The zero-order chi connectivity index (χ0) is 23.8. The molecule has 0 radical (unpaired) electrons. The molecule has 0 aliphatic heterocycles. The van der Waals surface area contributed by atoms with Gasteiger partial charge >= 0.3 is 0 Å². The van der Waals surface area contributed by atoms with Crippen molar-refractivity contribution in [3.63, 3.8) is 0 Å². The number of anilines is 2. The van der Waals surface area contributed by atoms with E-state index in [-0.39, 0.29) is 23.6 Å². The highest BCUT2D eigenvalue weighted by Gasteiger charge is 2.15. The Morgan fingerprint density at radius 1 is 1.00 bits per heavy atom. The minimum atomic E-state index is -0.319. The minimum Gasteiger partial charge on any atom is -0.375 e. The highest BCUT2D eigenvalue weighted by Crippen LogP contribution is 2.33. The molecule has 4 N–H and O–H groups in total. The summed E-state index contributed by atoms with van der Waals surface area (Å²) >= 11 is 13.8. The Morgan fingerprint density at radius 3 is 2.56 bits per heavy atom. The molecule has 172 valence electrons. The fourth-order valence-electron chi connectivity index (χ4n) is 3.37. The predicted molar refractivity (Wildman–Crippen MR) is 137 cm³/mol. The molecule has 0 bridgehead atoms. The van der Waals surface area contributed by atoms with E-state index in [0.29, 0.717) is 15.8 Å². The lowest BCUT2D eigenvalue weighted by atomic mass is 10.2. The molecule has 0 atom stereocenters. The number of hydrogen-bond acceptors (Lipinski definition) is 9. The number of nitrogens with two attached hydrogens (primary N) is 1. The number of benzene rings is 2. The van der Waals surface area contributed by atoms with Gasteiger partial charge < -0.3 is 11.1 Å². The number of nitrogen functional groups attached to an aromatic ring is 1. The number of halogens is 2. The number of fused-ring (bicyclic) bond motifs is 6. The summed E-state index contributed by atoms with van der Waals surface area (Å²) in [6, 6.07) is 7.43. The topological polar surface area (TPSA) is 144 Å². The Balaban J connectivity index is 0.000000157. The number of nitrogens with zero attached hydrogens (tertiary/aromatic N) is 5. The number of carbonyl (C=O) groups is 2. The van der Waals surface area contributed by atoms with Crippen molar-refractivity contribution < 1.29 is 9.59 Å². The lowest BCUT2D eigenvalue weighted by molar-refractivity contribution is -0.113. The molecule has 34 heavy (non-hydrogen) atoms. The first-order chi connectivity index (χ1) is 16.5. The average Bonchev–Trinajstić information content (AvgIpc) is 3.61. The molecule has 10 nitrogen and oxygen atoms in total. The summed E-state index contributed by atoms with van der Waals surface area (Å²) in [5, 5.41) is 16.5. The van der Waals surface area contributed by atoms with E-state index in [1.165, 1.54) is 27.4 Å². The van der Waals surface area contributed by atoms with Crippen molar-refractivity contribution in [3.8, 4) is 0 Å². The molecular formula is C20H14Cl2N8O2S2. The first-order valence-corrected chi connectivity index (χ1v) is 12.4. The van der Waals surface area contributed by atoms with E-state index in [4.69, 9.17) is 28.9 Å². The fourth-order valence-corrected chi connectivity index (χ4v) is 5.38. The number of aromatic nitrogens is 6. The molecule has 0 fully saturated rings. The molecule has 4 aromatic heterocycles. The van der Waals surface area contributed by atoms with Crippen LogP contribution in [0, 0.1) is 0 Å². The van der Waals surface area contributed by atoms with E-state index in [9.17, 15) is 9.59 Å². The second-order valence-corrected chi connectivity index (χ2v) is 9.49. The van der Waals surface area contributed by atoms with Crippen molar-refractivity contribution in [2.45, 2.75) is 0 Å². The SMILES string of the molecule is Nc1nc2ccc3[nH]ncc3c2s1.O=C(CCl)Nc1nc2ccc3c(cnn3C(=O)CCl)c2s1. The van der Waals surface area contributed by atoms with Crippen LogP contribution in [0.5, 0.6) is 0 Å². The second-order valence-electron chi connectivity index (χ2n) is 6.93. The third-order valence-corrected chi connectivity index (χ3v) is 7.24. The predicted octanol–water partition coefficient (Wildman–Crippen LogP) is 4.46. The average molecular weight is 533 g/mol. The van der Waals surface area contributed by atoms with Gasteiger partial charge in [-0.1, -0.05) is 22.7 Å². The summed E-state index contributed by atoms with van der Waals surface area (Å²) in [6.07, 6.45) is 3.39. The van der Waals surface area contributed by atoms with Crippen LogP contribution in [0.15, 0.2) is 36.7 Å². The summed E-state index contributed by atoms with van der Waals surface area (Å²) in [4.78, 5) is 31.5. The number of amides is 1. The van der Waals surface area contributed by atoms with Crippen molar-refractivity contribution in [2.75, 3.05) is 22.8 Å². The number of thiazole rings is 2. The molecular weight excluding hydrogens is 519 g/mol. The Kier molecular flexibility index (Phi) is 6.04. The van der Waals surface area contributed by atoms with Crippen LogP contribution in [0.4, 0.5) is 10.3 Å². The van der Waals surface area contributed by atoms with Crippen LogP contribution in [-0.4, -0.2) is 53.5 Å². The number of rotatable bonds is 3.